The third-order valence-electron chi connectivity index (χ3n) is 4.28. The van der Waals surface area contributed by atoms with Gasteiger partial charge in [-0.25, -0.2) is 0 Å². The summed E-state index contributed by atoms with van der Waals surface area (Å²) in [6, 6.07) is 1.62. The molecule has 108 valence electrons. The Morgan fingerprint density at radius 3 is 2.75 bits per heavy atom. The molecule has 1 aliphatic carbocycles. The number of carbonyl (C=O) groups excluding carboxylic acids is 2. The van der Waals surface area contributed by atoms with Crippen LogP contribution in [0.15, 0.2) is 15.9 Å². The number of halogens is 1. The fraction of sp³-hybridized carbons (Fsp3) is 0.571. The van der Waals surface area contributed by atoms with Crippen LogP contribution >= 0.6 is 27.3 Å². The molecule has 2 fully saturated rings. The maximum absolute atomic E-state index is 12.8. The van der Waals surface area contributed by atoms with E-state index in [2.05, 4.69) is 21.2 Å². The first-order chi connectivity index (χ1) is 9.52. The largest absolute Gasteiger partial charge is 0.340 e. The number of hydrogen-bond acceptors (Lipinski definition) is 3. The van der Waals surface area contributed by atoms with Crippen LogP contribution in [-0.4, -0.2) is 28.3 Å². The predicted octanol–water partition coefficient (Wildman–Crippen LogP) is 2.67. The summed E-state index contributed by atoms with van der Waals surface area (Å²) >= 11 is 5.03. The Morgan fingerprint density at radius 2 is 2.15 bits per heavy atom. The van der Waals surface area contributed by atoms with Crippen LogP contribution in [0, 0.1) is 0 Å². The Morgan fingerprint density at radius 1 is 1.45 bits per heavy atom. The quantitative estimate of drug-likeness (QED) is 0.885. The summed E-state index contributed by atoms with van der Waals surface area (Å²) < 4.78 is 1.02. The zero-order valence-corrected chi connectivity index (χ0v) is 13.7. The topological polar surface area (TPSA) is 49.4 Å². The molecule has 2 heterocycles. The number of piperazine rings is 1. The number of nitrogens with zero attached hydrogens (tertiary/aromatic N) is 1. The van der Waals surface area contributed by atoms with Gasteiger partial charge in [0.25, 0.3) is 0 Å². The monoisotopic (exact) mass is 356 g/mol. The molecule has 1 unspecified atom stereocenters. The first kappa shape index (κ1) is 14.1. The van der Waals surface area contributed by atoms with Gasteiger partial charge in [0.2, 0.25) is 11.8 Å². The normalized spacial score (nSPS) is 25.3. The van der Waals surface area contributed by atoms with E-state index < -0.39 is 11.6 Å². The van der Waals surface area contributed by atoms with E-state index >= 15 is 0 Å². The van der Waals surface area contributed by atoms with Crippen molar-refractivity contribution in [1.82, 2.24) is 10.2 Å². The Balaban J connectivity index is 1.86. The molecule has 2 aliphatic rings. The fourth-order valence-corrected chi connectivity index (χ4v) is 4.57. The fourth-order valence-electron chi connectivity index (χ4n) is 3.12. The molecule has 20 heavy (non-hydrogen) atoms. The van der Waals surface area contributed by atoms with Gasteiger partial charge in [0.15, 0.2) is 0 Å². The number of rotatable bonds is 2. The molecule has 1 spiro atoms. The summed E-state index contributed by atoms with van der Waals surface area (Å²) in [6.45, 7) is 2.32. The average molecular weight is 357 g/mol. The summed E-state index contributed by atoms with van der Waals surface area (Å²) in [5.41, 5.74) is -0.627. The van der Waals surface area contributed by atoms with Gasteiger partial charge in [0.1, 0.15) is 11.6 Å². The third kappa shape index (κ3) is 2.29. The maximum Gasteiger partial charge on any atom is 0.249 e. The second-order valence-corrected chi connectivity index (χ2v) is 7.53. The Hall–Kier alpha value is -0.880. The Kier molecular flexibility index (Phi) is 3.62. The van der Waals surface area contributed by atoms with E-state index in [1.54, 1.807) is 23.2 Å². The molecule has 4 nitrogen and oxygen atoms in total. The van der Waals surface area contributed by atoms with Crippen LogP contribution < -0.4 is 5.32 Å². The van der Waals surface area contributed by atoms with Gasteiger partial charge in [0, 0.05) is 14.7 Å². The molecule has 1 aromatic heterocycles. The molecule has 0 aromatic carbocycles. The van der Waals surface area contributed by atoms with Crippen LogP contribution in [0.3, 0.4) is 0 Å². The highest BCUT2D eigenvalue weighted by Gasteiger charge is 2.50. The zero-order chi connectivity index (χ0) is 14.3. The van der Waals surface area contributed by atoms with E-state index in [0.717, 1.165) is 35.0 Å². The van der Waals surface area contributed by atoms with Gasteiger partial charge in [-0.05, 0) is 41.8 Å². The second-order valence-electron chi connectivity index (χ2n) is 5.62. The molecule has 3 rings (SSSR count). The van der Waals surface area contributed by atoms with Crippen molar-refractivity contribution >= 4 is 39.1 Å². The Labute approximate surface area is 130 Å². The number of thiophene rings is 1. The zero-order valence-electron chi connectivity index (χ0n) is 11.3. The predicted molar refractivity (Wildman–Crippen MR) is 81.4 cm³/mol. The van der Waals surface area contributed by atoms with E-state index in [1.807, 2.05) is 11.4 Å². The minimum absolute atomic E-state index is 0.0258. The van der Waals surface area contributed by atoms with Gasteiger partial charge in [-0.1, -0.05) is 12.8 Å². The minimum atomic E-state index is -0.627. The van der Waals surface area contributed by atoms with E-state index in [1.165, 1.54) is 0 Å². The van der Waals surface area contributed by atoms with Crippen molar-refractivity contribution in [2.45, 2.75) is 50.7 Å². The van der Waals surface area contributed by atoms with Crippen LogP contribution in [0.4, 0.5) is 0 Å². The number of nitrogens with one attached hydrogen (secondary N) is 1. The van der Waals surface area contributed by atoms with E-state index in [9.17, 15) is 9.59 Å². The van der Waals surface area contributed by atoms with E-state index in [-0.39, 0.29) is 11.8 Å². The first-order valence-electron chi connectivity index (χ1n) is 6.88. The van der Waals surface area contributed by atoms with Crippen molar-refractivity contribution in [2.75, 3.05) is 0 Å². The molecule has 1 atom stereocenters. The molecule has 0 radical (unpaired) electrons. The van der Waals surface area contributed by atoms with Crippen molar-refractivity contribution < 1.29 is 9.59 Å². The van der Waals surface area contributed by atoms with Gasteiger partial charge in [-0.15, -0.1) is 11.3 Å². The highest BCUT2D eigenvalue weighted by molar-refractivity contribution is 9.10. The van der Waals surface area contributed by atoms with Gasteiger partial charge < -0.3 is 10.2 Å². The molecule has 1 saturated carbocycles. The van der Waals surface area contributed by atoms with Gasteiger partial charge in [-0.2, -0.15) is 0 Å². The average Bonchev–Trinajstić information content (AvgIpc) is 3.03. The molecular weight excluding hydrogens is 340 g/mol. The molecule has 1 saturated heterocycles. The van der Waals surface area contributed by atoms with Gasteiger partial charge >= 0.3 is 0 Å². The number of carbonyl (C=O) groups is 2. The summed E-state index contributed by atoms with van der Waals surface area (Å²) in [6.07, 6.45) is 3.57. The Bertz CT molecular complexity index is 551. The standard InChI is InChI=1S/C14H17BrN2O2S/c1-9-12(18)16-14(4-2-3-5-14)13(19)17(9)7-11-6-10(15)8-20-11/h6,8-9H,2-5,7H2,1H3,(H,16,18). The molecule has 1 aliphatic heterocycles. The van der Waals surface area contributed by atoms with E-state index in [4.69, 9.17) is 0 Å². The van der Waals surface area contributed by atoms with Crippen LogP contribution in [-0.2, 0) is 16.1 Å². The van der Waals surface area contributed by atoms with Crippen molar-refractivity contribution in [1.29, 1.82) is 0 Å². The summed E-state index contributed by atoms with van der Waals surface area (Å²) in [5.74, 6) is 0.0637. The smallest absolute Gasteiger partial charge is 0.249 e. The first-order valence-corrected chi connectivity index (χ1v) is 8.55. The maximum atomic E-state index is 12.8. The SMILES string of the molecule is CC1C(=O)NC2(CCCC2)C(=O)N1Cc1cc(Br)cs1. The van der Waals surface area contributed by atoms with Crippen molar-refractivity contribution in [3.05, 3.63) is 20.8 Å². The number of amides is 2. The number of hydrogen-bond donors (Lipinski definition) is 1. The van der Waals surface area contributed by atoms with Crippen molar-refractivity contribution in [3.8, 4) is 0 Å². The molecular formula is C14H17BrN2O2S. The summed E-state index contributed by atoms with van der Waals surface area (Å²) in [4.78, 5) is 27.9. The lowest BCUT2D eigenvalue weighted by molar-refractivity contribution is -0.154. The molecule has 0 bridgehead atoms. The minimum Gasteiger partial charge on any atom is -0.340 e. The van der Waals surface area contributed by atoms with Gasteiger partial charge in [-0.3, -0.25) is 9.59 Å². The highest BCUT2D eigenvalue weighted by Crippen LogP contribution is 2.35. The molecule has 1 N–H and O–H groups in total. The molecule has 2 amide bonds. The molecule has 6 heteroatoms. The van der Waals surface area contributed by atoms with Crippen molar-refractivity contribution in [2.24, 2.45) is 0 Å². The highest BCUT2D eigenvalue weighted by atomic mass is 79.9. The molecule has 1 aromatic rings. The van der Waals surface area contributed by atoms with Crippen LogP contribution in [0.2, 0.25) is 0 Å². The lowest BCUT2D eigenvalue weighted by Crippen LogP contribution is -2.68. The van der Waals surface area contributed by atoms with Gasteiger partial charge in [0.05, 0.1) is 6.54 Å². The van der Waals surface area contributed by atoms with Crippen LogP contribution in [0.5, 0.6) is 0 Å². The van der Waals surface area contributed by atoms with Crippen molar-refractivity contribution in [3.63, 3.8) is 0 Å². The van der Waals surface area contributed by atoms with Crippen LogP contribution in [0.1, 0.15) is 37.5 Å². The van der Waals surface area contributed by atoms with Crippen LogP contribution in [0.25, 0.3) is 0 Å². The van der Waals surface area contributed by atoms with E-state index in [0.29, 0.717) is 6.54 Å². The third-order valence-corrected chi connectivity index (χ3v) is 5.97. The second kappa shape index (κ2) is 5.15. The summed E-state index contributed by atoms with van der Waals surface area (Å²) in [5, 5.41) is 4.98. The summed E-state index contributed by atoms with van der Waals surface area (Å²) in [7, 11) is 0. The lowest BCUT2D eigenvalue weighted by Gasteiger charge is -2.43. The lowest BCUT2D eigenvalue weighted by atomic mass is 9.91.